The van der Waals surface area contributed by atoms with Gasteiger partial charge in [-0.2, -0.15) is 0 Å². The summed E-state index contributed by atoms with van der Waals surface area (Å²) >= 11 is 3.50. The Morgan fingerprint density at radius 2 is 1.11 bits per heavy atom. The number of unbranched alkanes of at least 4 members (excludes halogenated alkanes) is 8. The van der Waals surface area contributed by atoms with Crippen LogP contribution in [0.15, 0.2) is 0 Å². The van der Waals surface area contributed by atoms with E-state index in [2.05, 4.69) is 36.9 Å². The van der Waals surface area contributed by atoms with E-state index < -0.39 is 0 Å². The van der Waals surface area contributed by atoms with E-state index in [1.807, 2.05) is 0 Å². The molecule has 0 amide bonds. The van der Waals surface area contributed by atoms with E-state index in [1.165, 1.54) is 87.1 Å². The Balaban J connectivity index is 3.37. The molecule has 0 saturated heterocycles. The van der Waals surface area contributed by atoms with Gasteiger partial charge in [0.15, 0.2) is 0 Å². The summed E-state index contributed by atoms with van der Waals surface area (Å²) in [4.78, 5) is 0. The van der Waals surface area contributed by atoms with Crippen molar-refractivity contribution in [3.8, 4) is 0 Å². The van der Waals surface area contributed by atoms with Crippen LogP contribution < -0.4 is 0 Å². The van der Waals surface area contributed by atoms with Crippen LogP contribution in [0.1, 0.15) is 71.1 Å². The highest BCUT2D eigenvalue weighted by atomic mass is 79.9. The van der Waals surface area contributed by atoms with Gasteiger partial charge in [-0.05, 0) is 32.1 Å². The third kappa shape index (κ3) is 12.9. The van der Waals surface area contributed by atoms with Crippen molar-refractivity contribution in [3.63, 3.8) is 0 Å². The second kappa shape index (κ2) is 12.5. The summed E-state index contributed by atoms with van der Waals surface area (Å²) in [6, 6.07) is 0. The fourth-order valence-electron chi connectivity index (χ4n) is 2.42. The average molecular weight is 321 g/mol. The van der Waals surface area contributed by atoms with Crippen LogP contribution in [-0.2, 0) is 0 Å². The van der Waals surface area contributed by atoms with E-state index in [0.717, 1.165) is 0 Å². The van der Waals surface area contributed by atoms with Crippen molar-refractivity contribution in [3.05, 3.63) is 0 Å². The van der Waals surface area contributed by atoms with E-state index in [9.17, 15) is 0 Å². The van der Waals surface area contributed by atoms with Crippen molar-refractivity contribution in [2.24, 2.45) is 0 Å². The van der Waals surface area contributed by atoms with Gasteiger partial charge in [0.2, 0.25) is 0 Å². The molecular formula is C16H35BrN+. The molecule has 1 nitrogen and oxygen atoms in total. The van der Waals surface area contributed by atoms with Gasteiger partial charge < -0.3 is 4.48 Å². The lowest BCUT2D eigenvalue weighted by Crippen LogP contribution is -2.41. The minimum absolute atomic E-state index is 1.17. The minimum atomic E-state index is 1.17. The minimum Gasteiger partial charge on any atom is -0.328 e. The Hall–Kier alpha value is 0.440. The maximum Gasteiger partial charge on any atom is 0.0782 e. The van der Waals surface area contributed by atoms with Gasteiger partial charge in [-0.15, -0.1) is 0 Å². The number of rotatable bonds is 13. The number of hydrogen-bond acceptors (Lipinski definition) is 0. The van der Waals surface area contributed by atoms with Gasteiger partial charge in [0, 0.05) is 5.33 Å². The zero-order valence-corrected chi connectivity index (χ0v) is 14.6. The van der Waals surface area contributed by atoms with Crippen LogP contribution in [0, 0.1) is 0 Å². The SMILES string of the molecule is CCCCCCCC[N+](C)(C)CCCCCCBr. The van der Waals surface area contributed by atoms with Gasteiger partial charge >= 0.3 is 0 Å². The molecule has 0 saturated carbocycles. The monoisotopic (exact) mass is 320 g/mol. The molecule has 0 aliphatic rings. The number of alkyl halides is 1. The lowest BCUT2D eigenvalue weighted by molar-refractivity contribution is -0.890. The quantitative estimate of drug-likeness (QED) is 0.243. The zero-order valence-electron chi connectivity index (χ0n) is 13.0. The summed E-state index contributed by atoms with van der Waals surface area (Å²) in [6.45, 7) is 5.01. The molecule has 0 aliphatic carbocycles. The largest absolute Gasteiger partial charge is 0.328 e. The Bertz CT molecular complexity index is 168. The molecule has 110 valence electrons. The van der Waals surface area contributed by atoms with Gasteiger partial charge in [0.25, 0.3) is 0 Å². The molecule has 0 spiro atoms. The first-order valence-corrected chi connectivity index (χ1v) is 9.12. The van der Waals surface area contributed by atoms with Crippen LogP contribution in [0.25, 0.3) is 0 Å². The Morgan fingerprint density at radius 3 is 1.61 bits per heavy atom. The molecule has 0 aromatic rings. The Labute approximate surface area is 124 Å². The van der Waals surface area contributed by atoms with Crippen molar-refractivity contribution < 1.29 is 4.48 Å². The molecule has 0 aromatic heterocycles. The summed E-state index contributed by atoms with van der Waals surface area (Å²) in [7, 11) is 4.80. The molecule has 0 rings (SSSR count). The summed E-state index contributed by atoms with van der Waals surface area (Å²) in [5, 5.41) is 1.17. The molecule has 18 heavy (non-hydrogen) atoms. The normalized spacial score (nSPS) is 12.0. The van der Waals surface area contributed by atoms with Crippen molar-refractivity contribution in [2.45, 2.75) is 71.1 Å². The van der Waals surface area contributed by atoms with E-state index in [1.54, 1.807) is 0 Å². The molecule has 2 heteroatoms. The molecule has 0 atom stereocenters. The number of halogens is 1. The molecule has 0 aromatic carbocycles. The van der Waals surface area contributed by atoms with Gasteiger partial charge in [0.1, 0.15) is 0 Å². The predicted molar refractivity (Wildman–Crippen MR) is 87.5 cm³/mol. The summed E-state index contributed by atoms with van der Waals surface area (Å²) in [5.74, 6) is 0. The molecular weight excluding hydrogens is 286 g/mol. The number of hydrogen-bond donors (Lipinski definition) is 0. The smallest absolute Gasteiger partial charge is 0.0782 e. The van der Waals surface area contributed by atoms with Crippen LogP contribution in [0.4, 0.5) is 0 Å². The summed E-state index contributed by atoms with van der Waals surface area (Å²) in [6.07, 6.45) is 14.0. The van der Waals surface area contributed by atoms with Gasteiger partial charge in [-0.1, -0.05) is 55.0 Å². The Morgan fingerprint density at radius 1 is 0.667 bits per heavy atom. The average Bonchev–Trinajstić information content (AvgIpc) is 2.33. The molecule has 0 unspecified atom stereocenters. The highest BCUT2D eigenvalue weighted by Gasteiger charge is 2.13. The van der Waals surface area contributed by atoms with Gasteiger partial charge in [-0.3, -0.25) is 0 Å². The molecule has 0 aliphatic heterocycles. The fraction of sp³-hybridized carbons (Fsp3) is 1.00. The van der Waals surface area contributed by atoms with Crippen molar-refractivity contribution in [2.75, 3.05) is 32.5 Å². The number of nitrogens with zero attached hydrogens (tertiary/aromatic N) is 1. The lowest BCUT2D eigenvalue weighted by Gasteiger charge is -2.30. The third-order valence-electron chi connectivity index (χ3n) is 3.76. The van der Waals surface area contributed by atoms with E-state index in [-0.39, 0.29) is 0 Å². The highest BCUT2D eigenvalue weighted by Crippen LogP contribution is 2.10. The Kier molecular flexibility index (Phi) is 12.8. The molecule has 0 bridgehead atoms. The summed E-state index contributed by atoms with van der Waals surface area (Å²) in [5.41, 5.74) is 0. The van der Waals surface area contributed by atoms with Crippen LogP contribution in [0.5, 0.6) is 0 Å². The maximum atomic E-state index is 3.50. The first-order chi connectivity index (χ1) is 8.62. The second-order valence-electron chi connectivity index (χ2n) is 6.25. The highest BCUT2D eigenvalue weighted by molar-refractivity contribution is 9.09. The third-order valence-corrected chi connectivity index (χ3v) is 4.32. The van der Waals surface area contributed by atoms with Crippen LogP contribution in [0.2, 0.25) is 0 Å². The fourth-order valence-corrected chi connectivity index (χ4v) is 2.82. The van der Waals surface area contributed by atoms with Crippen LogP contribution in [-0.4, -0.2) is 37.0 Å². The number of quaternary nitrogens is 1. The molecule has 0 radical (unpaired) electrons. The predicted octanol–water partition coefficient (Wildman–Crippen LogP) is 5.38. The first-order valence-electron chi connectivity index (χ1n) is 8.00. The second-order valence-corrected chi connectivity index (χ2v) is 7.05. The summed E-state index contributed by atoms with van der Waals surface area (Å²) < 4.78 is 1.22. The van der Waals surface area contributed by atoms with Gasteiger partial charge in [0.05, 0.1) is 27.2 Å². The van der Waals surface area contributed by atoms with Crippen molar-refractivity contribution >= 4 is 15.9 Å². The van der Waals surface area contributed by atoms with Gasteiger partial charge in [-0.25, -0.2) is 0 Å². The van der Waals surface area contributed by atoms with Crippen molar-refractivity contribution in [1.29, 1.82) is 0 Å². The standard InChI is InChI=1S/C16H35BrN/c1-4-5-6-7-9-12-15-18(2,3)16-13-10-8-11-14-17/h4-16H2,1-3H3/q+1. The van der Waals surface area contributed by atoms with E-state index >= 15 is 0 Å². The van der Waals surface area contributed by atoms with E-state index in [4.69, 9.17) is 0 Å². The van der Waals surface area contributed by atoms with Crippen molar-refractivity contribution in [1.82, 2.24) is 0 Å². The topological polar surface area (TPSA) is 0 Å². The zero-order chi connectivity index (χ0) is 13.7. The maximum absolute atomic E-state index is 3.50. The first kappa shape index (κ1) is 18.4. The molecule has 0 N–H and O–H groups in total. The van der Waals surface area contributed by atoms with Crippen LogP contribution >= 0.6 is 15.9 Å². The molecule has 0 fully saturated rings. The van der Waals surface area contributed by atoms with Crippen LogP contribution in [0.3, 0.4) is 0 Å². The van der Waals surface area contributed by atoms with E-state index in [0.29, 0.717) is 0 Å². The lowest BCUT2D eigenvalue weighted by atomic mass is 10.1. The molecule has 0 heterocycles.